The number of pyridine rings is 1. The molecule has 2 atom stereocenters. The highest BCUT2D eigenvalue weighted by atomic mass is 16.2. The minimum absolute atomic E-state index is 0.288. The largest absolute Gasteiger partial charge is 0.338 e. The zero-order valence-electron chi connectivity index (χ0n) is 15.1. The van der Waals surface area contributed by atoms with E-state index in [0.717, 1.165) is 38.2 Å². The number of hydrogen-bond acceptors (Lipinski definition) is 4. The van der Waals surface area contributed by atoms with Gasteiger partial charge in [-0.25, -0.2) is 0 Å². The van der Waals surface area contributed by atoms with Crippen LogP contribution < -0.4 is 5.73 Å². The van der Waals surface area contributed by atoms with Crippen molar-refractivity contribution in [2.75, 3.05) is 26.2 Å². The minimum atomic E-state index is 0.288. The van der Waals surface area contributed by atoms with E-state index in [2.05, 4.69) is 38.8 Å². The van der Waals surface area contributed by atoms with Crippen LogP contribution in [0, 0.1) is 5.92 Å². The van der Waals surface area contributed by atoms with Crippen molar-refractivity contribution in [3.05, 3.63) is 48.5 Å². The predicted molar refractivity (Wildman–Crippen MR) is 101 cm³/mol. The Bertz CT molecular complexity index is 744. The molecule has 2 saturated heterocycles. The molecule has 2 aromatic heterocycles. The van der Waals surface area contributed by atoms with Gasteiger partial charge < -0.3 is 15.2 Å². The van der Waals surface area contributed by atoms with Crippen molar-refractivity contribution in [2.45, 2.75) is 31.8 Å². The van der Waals surface area contributed by atoms with E-state index < -0.39 is 0 Å². The van der Waals surface area contributed by atoms with Gasteiger partial charge in [0.1, 0.15) is 0 Å². The molecule has 6 nitrogen and oxygen atoms in total. The average molecular weight is 353 g/mol. The molecule has 26 heavy (non-hydrogen) atoms. The van der Waals surface area contributed by atoms with E-state index in [1.54, 1.807) is 6.20 Å². The zero-order valence-corrected chi connectivity index (χ0v) is 15.1. The van der Waals surface area contributed by atoms with Crippen molar-refractivity contribution in [1.82, 2.24) is 19.4 Å². The topological polar surface area (TPSA) is 67.4 Å². The summed E-state index contributed by atoms with van der Waals surface area (Å²) in [6.07, 6.45) is 8.51. The van der Waals surface area contributed by atoms with Crippen LogP contribution >= 0.6 is 0 Å². The molecule has 138 valence electrons. The van der Waals surface area contributed by atoms with Gasteiger partial charge in [-0.15, -0.1) is 0 Å². The number of nitrogens with zero attached hydrogens (tertiary/aromatic N) is 4. The maximum absolute atomic E-state index is 12.2. The smallest absolute Gasteiger partial charge is 0.222 e. The molecule has 0 aliphatic carbocycles. The third-order valence-corrected chi connectivity index (χ3v) is 5.74. The van der Waals surface area contributed by atoms with E-state index in [9.17, 15) is 4.79 Å². The van der Waals surface area contributed by atoms with E-state index >= 15 is 0 Å². The van der Waals surface area contributed by atoms with Gasteiger partial charge in [0, 0.05) is 63.3 Å². The Labute approximate surface area is 154 Å². The fourth-order valence-electron chi connectivity index (χ4n) is 4.52. The standard InChI is InChI=1S/C20H27N5O/c21-8-12-25-19-7-11-23(14-16(19)5-6-20(25)26)15-18-4-2-10-24(18)17-3-1-9-22-13-17/h1-4,9-10,13,16,19H,5-8,11-12,14-15,21H2/t16-,19+/m0/s1. The number of rotatable bonds is 5. The Hall–Kier alpha value is -2.18. The van der Waals surface area contributed by atoms with Gasteiger partial charge in [-0.1, -0.05) is 0 Å². The third-order valence-electron chi connectivity index (χ3n) is 5.74. The van der Waals surface area contributed by atoms with Crippen molar-refractivity contribution >= 4 is 5.91 Å². The van der Waals surface area contributed by atoms with E-state index in [0.29, 0.717) is 31.5 Å². The van der Waals surface area contributed by atoms with Crippen LogP contribution in [0.2, 0.25) is 0 Å². The fourth-order valence-corrected chi connectivity index (χ4v) is 4.52. The first-order valence-electron chi connectivity index (χ1n) is 9.55. The van der Waals surface area contributed by atoms with Crippen molar-refractivity contribution in [3.8, 4) is 5.69 Å². The summed E-state index contributed by atoms with van der Waals surface area (Å²) in [5.74, 6) is 0.852. The summed E-state index contributed by atoms with van der Waals surface area (Å²) in [5, 5.41) is 0. The number of carbonyl (C=O) groups excluding carboxylic acids is 1. The highest BCUT2D eigenvalue weighted by molar-refractivity contribution is 5.77. The summed E-state index contributed by atoms with van der Waals surface area (Å²) in [6.45, 7) is 4.25. The number of hydrogen-bond donors (Lipinski definition) is 1. The molecule has 0 unspecified atom stereocenters. The van der Waals surface area contributed by atoms with Crippen LogP contribution in [0.3, 0.4) is 0 Å². The highest BCUT2D eigenvalue weighted by Crippen LogP contribution is 2.31. The van der Waals surface area contributed by atoms with Crippen LogP contribution in [-0.2, 0) is 11.3 Å². The number of amides is 1. The Morgan fingerprint density at radius 1 is 1.23 bits per heavy atom. The zero-order chi connectivity index (χ0) is 17.9. The first-order valence-corrected chi connectivity index (χ1v) is 9.55. The Balaban J connectivity index is 1.44. The normalized spacial score (nSPS) is 23.9. The molecule has 2 aliphatic rings. The quantitative estimate of drug-likeness (QED) is 0.887. The third kappa shape index (κ3) is 3.39. The summed E-state index contributed by atoms with van der Waals surface area (Å²) in [4.78, 5) is 21.0. The molecule has 0 radical (unpaired) electrons. The lowest BCUT2D eigenvalue weighted by atomic mass is 9.83. The molecule has 2 aliphatic heterocycles. The van der Waals surface area contributed by atoms with Crippen molar-refractivity contribution < 1.29 is 4.79 Å². The fraction of sp³-hybridized carbons (Fsp3) is 0.500. The number of piperidine rings is 2. The first kappa shape index (κ1) is 17.2. The predicted octanol–water partition coefficient (Wildman–Crippen LogP) is 1.64. The Kier molecular flexibility index (Phi) is 5.04. The van der Waals surface area contributed by atoms with E-state index in [1.165, 1.54) is 5.69 Å². The summed E-state index contributed by atoms with van der Waals surface area (Å²) in [5.41, 5.74) is 8.10. The second-order valence-electron chi connectivity index (χ2n) is 7.35. The van der Waals surface area contributed by atoms with E-state index in [-0.39, 0.29) is 5.91 Å². The molecular weight excluding hydrogens is 326 g/mol. The number of aromatic nitrogens is 2. The molecule has 0 aromatic carbocycles. The van der Waals surface area contributed by atoms with Gasteiger partial charge in [0.2, 0.25) is 5.91 Å². The molecule has 0 spiro atoms. The van der Waals surface area contributed by atoms with Gasteiger partial charge in [0.05, 0.1) is 11.9 Å². The lowest BCUT2D eigenvalue weighted by Gasteiger charge is -2.47. The van der Waals surface area contributed by atoms with Crippen LogP contribution in [0.15, 0.2) is 42.9 Å². The molecule has 4 rings (SSSR count). The molecule has 6 heteroatoms. The summed E-state index contributed by atoms with van der Waals surface area (Å²) in [7, 11) is 0. The maximum Gasteiger partial charge on any atom is 0.222 e. The first-order chi connectivity index (χ1) is 12.8. The second kappa shape index (κ2) is 7.60. The lowest BCUT2D eigenvalue weighted by Crippen LogP contribution is -2.56. The van der Waals surface area contributed by atoms with E-state index in [4.69, 9.17) is 5.73 Å². The minimum Gasteiger partial charge on any atom is -0.338 e. The Morgan fingerprint density at radius 2 is 2.15 bits per heavy atom. The Morgan fingerprint density at radius 3 is 2.96 bits per heavy atom. The van der Waals surface area contributed by atoms with E-state index in [1.807, 2.05) is 17.2 Å². The van der Waals surface area contributed by atoms with Gasteiger partial charge >= 0.3 is 0 Å². The molecule has 0 bridgehead atoms. The second-order valence-corrected chi connectivity index (χ2v) is 7.35. The van der Waals surface area contributed by atoms with Crippen LogP contribution in [0.25, 0.3) is 5.69 Å². The van der Waals surface area contributed by atoms with Gasteiger partial charge in [0.15, 0.2) is 0 Å². The number of nitrogens with two attached hydrogens (primary N) is 1. The van der Waals surface area contributed by atoms with Crippen LogP contribution in [0.5, 0.6) is 0 Å². The number of likely N-dealkylation sites (tertiary alicyclic amines) is 2. The monoisotopic (exact) mass is 353 g/mol. The lowest BCUT2D eigenvalue weighted by molar-refractivity contribution is -0.141. The van der Waals surface area contributed by atoms with Crippen LogP contribution in [0.1, 0.15) is 25.0 Å². The summed E-state index contributed by atoms with van der Waals surface area (Å²) >= 11 is 0. The molecule has 1 amide bonds. The van der Waals surface area contributed by atoms with Crippen LogP contribution in [-0.4, -0.2) is 57.5 Å². The van der Waals surface area contributed by atoms with Gasteiger partial charge in [-0.05, 0) is 43.0 Å². The van der Waals surface area contributed by atoms with Gasteiger partial charge in [-0.3, -0.25) is 14.7 Å². The van der Waals surface area contributed by atoms with Crippen molar-refractivity contribution in [2.24, 2.45) is 11.7 Å². The number of carbonyl (C=O) groups is 1. The number of fused-ring (bicyclic) bond motifs is 1. The average Bonchev–Trinajstić information content (AvgIpc) is 3.13. The summed E-state index contributed by atoms with van der Waals surface area (Å²) < 4.78 is 2.21. The highest BCUT2D eigenvalue weighted by Gasteiger charge is 2.38. The van der Waals surface area contributed by atoms with Crippen molar-refractivity contribution in [1.29, 1.82) is 0 Å². The molecule has 0 saturated carbocycles. The molecule has 2 fully saturated rings. The van der Waals surface area contributed by atoms with Crippen molar-refractivity contribution in [3.63, 3.8) is 0 Å². The van der Waals surface area contributed by atoms with Crippen LogP contribution in [0.4, 0.5) is 0 Å². The molecule has 2 N–H and O–H groups in total. The maximum atomic E-state index is 12.2. The van der Waals surface area contributed by atoms with Gasteiger partial charge in [0.25, 0.3) is 0 Å². The molecule has 4 heterocycles. The SMILES string of the molecule is NCCN1C(=O)CC[C@H]2CN(Cc3cccn3-c3cccnc3)CC[C@H]21. The summed E-state index contributed by atoms with van der Waals surface area (Å²) in [6, 6.07) is 8.71. The molecular formula is C20H27N5O. The molecule has 2 aromatic rings. The van der Waals surface area contributed by atoms with Gasteiger partial charge in [-0.2, -0.15) is 0 Å².